The Morgan fingerprint density at radius 3 is 3.00 bits per heavy atom. The number of hydrogen-bond donors (Lipinski definition) is 2. The average Bonchev–Trinajstić information content (AvgIpc) is 2.31. The lowest BCUT2D eigenvalue weighted by molar-refractivity contribution is 0.158. The molecule has 0 aromatic heterocycles. The maximum absolute atomic E-state index is 9.48. The van der Waals surface area contributed by atoms with Crippen LogP contribution in [0, 0.1) is 6.92 Å². The van der Waals surface area contributed by atoms with Gasteiger partial charge in [0.15, 0.2) is 0 Å². The molecule has 2 atom stereocenters. The third-order valence-electron chi connectivity index (χ3n) is 2.50. The predicted octanol–water partition coefficient (Wildman–Crippen LogP) is 0.912. The third kappa shape index (κ3) is 1.04. The van der Waals surface area contributed by atoms with E-state index in [4.69, 9.17) is 5.73 Å². The first-order valence-electron chi connectivity index (χ1n) is 4.21. The van der Waals surface area contributed by atoms with Gasteiger partial charge in [0.2, 0.25) is 0 Å². The van der Waals surface area contributed by atoms with E-state index in [1.54, 1.807) is 0 Å². The van der Waals surface area contributed by atoms with Crippen LogP contribution < -0.4 is 5.73 Å². The van der Waals surface area contributed by atoms with Gasteiger partial charge in [-0.3, -0.25) is 0 Å². The van der Waals surface area contributed by atoms with E-state index >= 15 is 0 Å². The Morgan fingerprint density at radius 2 is 2.25 bits per heavy atom. The summed E-state index contributed by atoms with van der Waals surface area (Å²) in [5, 5.41) is 9.48. The van der Waals surface area contributed by atoms with Crippen molar-refractivity contribution in [1.29, 1.82) is 0 Å². The Bertz CT molecular complexity index is 309. The molecule has 0 bridgehead atoms. The molecule has 0 fully saturated rings. The number of aliphatic hydroxyl groups is 1. The van der Waals surface area contributed by atoms with Crippen LogP contribution in [-0.4, -0.2) is 11.2 Å². The Labute approximate surface area is 72.0 Å². The van der Waals surface area contributed by atoms with Crippen LogP contribution in [0.25, 0.3) is 0 Å². The van der Waals surface area contributed by atoms with Crippen molar-refractivity contribution in [3.8, 4) is 0 Å². The minimum atomic E-state index is -0.387. The highest BCUT2D eigenvalue weighted by Crippen LogP contribution is 2.29. The Morgan fingerprint density at radius 1 is 1.50 bits per heavy atom. The largest absolute Gasteiger partial charge is 0.391 e. The van der Waals surface area contributed by atoms with Gasteiger partial charge in [-0.1, -0.05) is 23.8 Å². The van der Waals surface area contributed by atoms with Gasteiger partial charge in [0, 0.05) is 6.42 Å². The van der Waals surface area contributed by atoms with Crippen LogP contribution in [0.2, 0.25) is 0 Å². The molecule has 0 amide bonds. The van der Waals surface area contributed by atoms with Crippen LogP contribution in [0.5, 0.6) is 0 Å². The van der Waals surface area contributed by atoms with Crippen molar-refractivity contribution >= 4 is 0 Å². The number of aryl methyl sites for hydroxylation is 1. The molecule has 0 heterocycles. The van der Waals surface area contributed by atoms with Crippen molar-refractivity contribution in [1.82, 2.24) is 0 Å². The number of hydrogen-bond acceptors (Lipinski definition) is 2. The quantitative estimate of drug-likeness (QED) is 0.597. The fraction of sp³-hybridized carbons (Fsp3) is 0.400. The lowest BCUT2D eigenvalue weighted by atomic mass is 10.1. The van der Waals surface area contributed by atoms with Gasteiger partial charge in [0.25, 0.3) is 0 Å². The highest BCUT2D eigenvalue weighted by Gasteiger charge is 2.27. The molecule has 0 spiro atoms. The second kappa shape index (κ2) is 2.57. The van der Waals surface area contributed by atoms with Crippen molar-refractivity contribution < 1.29 is 5.11 Å². The lowest BCUT2D eigenvalue weighted by Gasteiger charge is -2.08. The molecule has 1 aliphatic rings. The molecule has 1 aliphatic carbocycles. The predicted molar refractivity (Wildman–Crippen MR) is 47.8 cm³/mol. The molecule has 2 rings (SSSR count). The summed E-state index contributed by atoms with van der Waals surface area (Å²) in [6.45, 7) is 2.04. The lowest BCUT2D eigenvalue weighted by Crippen LogP contribution is -2.21. The maximum Gasteiger partial charge on any atom is 0.0773 e. The highest BCUT2D eigenvalue weighted by atomic mass is 16.3. The Kier molecular flexibility index (Phi) is 1.67. The Hall–Kier alpha value is -0.860. The molecule has 3 N–H and O–H groups in total. The summed E-state index contributed by atoms with van der Waals surface area (Å²) in [5.41, 5.74) is 9.32. The molecule has 0 saturated carbocycles. The van der Waals surface area contributed by atoms with E-state index in [2.05, 4.69) is 18.2 Å². The first-order valence-corrected chi connectivity index (χ1v) is 4.21. The fourth-order valence-corrected chi connectivity index (χ4v) is 1.77. The van der Waals surface area contributed by atoms with E-state index in [0.29, 0.717) is 6.42 Å². The summed E-state index contributed by atoms with van der Waals surface area (Å²) in [6.07, 6.45) is 0.318. The van der Waals surface area contributed by atoms with Crippen LogP contribution in [0.4, 0.5) is 0 Å². The van der Waals surface area contributed by atoms with E-state index in [-0.39, 0.29) is 12.1 Å². The van der Waals surface area contributed by atoms with Crippen molar-refractivity contribution in [3.63, 3.8) is 0 Å². The van der Waals surface area contributed by atoms with Gasteiger partial charge in [-0.05, 0) is 18.1 Å². The van der Waals surface area contributed by atoms with Crippen molar-refractivity contribution in [2.45, 2.75) is 25.5 Å². The number of benzene rings is 1. The topological polar surface area (TPSA) is 46.2 Å². The van der Waals surface area contributed by atoms with Gasteiger partial charge < -0.3 is 10.8 Å². The van der Waals surface area contributed by atoms with Gasteiger partial charge in [0.1, 0.15) is 0 Å². The molecule has 0 aliphatic heterocycles. The summed E-state index contributed by atoms with van der Waals surface area (Å²) < 4.78 is 0. The number of rotatable bonds is 0. The minimum Gasteiger partial charge on any atom is -0.391 e. The molecule has 12 heavy (non-hydrogen) atoms. The molecular weight excluding hydrogens is 150 g/mol. The summed E-state index contributed by atoms with van der Waals surface area (Å²) in [4.78, 5) is 0. The van der Waals surface area contributed by atoms with Gasteiger partial charge in [-0.15, -0.1) is 0 Å². The Balaban J connectivity index is 2.48. The van der Waals surface area contributed by atoms with Crippen LogP contribution in [0.1, 0.15) is 22.7 Å². The number of nitrogens with two attached hydrogens (primary N) is 1. The van der Waals surface area contributed by atoms with Gasteiger partial charge in [0.05, 0.1) is 12.1 Å². The minimum absolute atomic E-state index is 0.181. The molecule has 2 nitrogen and oxygen atoms in total. The van der Waals surface area contributed by atoms with E-state index in [9.17, 15) is 5.11 Å². The maximum atomic E-state index is 9.48. The van der Waals surface area contributed by atoms with Crippen LogP contribution in [-0.2, 0) is 6.42 Å². The monoisotopic (exact) mass is 163 g/mol. The normalized spacial score (nSPS) is 27.2. The fourth-order valence-electron chi connectivity index (χ4n) is 1.77. The average molecular weight is 163 g/mol. The van der Waals surface area contributed by atoms with E-state index in [1.807, 2.05) is 6.92 Å². The second-order valence-electron chi connectivity index (χ2n) is 3.50. The zero-order chi connectivity index (χ0) is 8.72. The zero-order valence-corrected chi connectivity index (χ0v) is 7.12. The molecular formula is C10H13NO. The molecule has 0 saturated heterocycles. The summed E-state index contributed by atoms with van der Waals surface area (Å²) in [6, 6.07) is 6.00. The standard InChI is InChI=1S/C10H13NO/c1-6-2-3-7-5-9(12)10(11)8(7)4-6/h2-4,9-10,12H,5,11H2,1H3/t9-,10-/m0/s1. The second-order valence-corrected chi connectivity index (χ2v) is 3.50. The van der Waals surface area contributed by atoms with Gasteiger partial charge in [-0.25, -0.2) is 0 Å². The molecule has 1 aromatic carbocycles. The van der Waals surface area contributed by atoms with E-state index in [1.165, 1.54) is 11.1 Å². The smallest absolute Gasteiger partial charge is 0.0773 e. The van der Waals surface area contributed by atoms with Crippen LogP contribution in [0.15, 0.2) is 18.2 Å². The first kappa shape index (κ1) is 7.77. The summed E-state index contributed by atoms with van der Waals surface area (Å²) >= 11 is 0. The highest BCUT2D eigenvalue weighted by molar-refractivity contribution is 5.38. The summed E-state index contributed by atoms with van der Waals surface area (Å²) in [7, 11) is 0. The van der Waals surface area contributed by atoms with Crippen LogP contribution >= 0.6 is 0 Å². The molecule has 2 heteroatoms. The summed E-state index contributed by atoms with van der Waals surface area (Å²) in [5.74, 6) is 0. The van der Waals surface area contributed by atoms with Gasteiger partial charge >= 0.3 is 0 Å². The zero-order valence-electron chi connectivity index (χ0n) is 7.12. The van der Waals surface area contributed by atoms with Crippen molar-refractivity contribution in [2.75, 3.05) is 0 Å². The van der Waals surface area contributed by atoms with Crippen molar-refractivity contribution in [2.24, 2.45) is 5.73 Å². The number of aliphatic hydroxyl groups excluding tert-OH is 1. The number of fused-ring (bicyclic) bond motifs is 1. The molecule has 1 aromatic rings. The molecule has 64 valence electrons. The van der Waals surface area contributed by atoms with Gasteiger partial charge in [-0.2, -0.15) is 0 Å². The van der Waals surface area contributed by atoms with Crippen LogP contribution in [0.3, 0.4) is 0 Å². The third-order valence-corrected chi connectivity index (χ3v) is 2.50. The van der Waals surface area contributed by atoms with Crippen molar-refractivity contribution in [3.05, 3.63) is 34.9 Å². The SMILES string of the molecule is Cc1ccc2c(c1)[C@H](N)[C@@H](O)C2. The first-order chi connectivity index (χ1) is 5.68. The molecule has 0 radical (unpaired) electrons. The molecule has 0 unspecified atom stereocenters. The van der Waals surface area contributed by atoms with E-state index < -0.39 is 0 Å². The van der Waals surface area contributed by atoms with E-state index in [0.717, 1.165) is 5.56 Å².